The van der Waals surface area contributed by atoms with Crippen LogP contribution in [0.4, 0.5) is 0 Å². The lowest BCUT2D eigenvalue weighted by Gasteiger charge is -2.29. The predicted octanol–water partition coefficient (Wildman–Crippen LogP) is 4.89. The first kappa shape index (κ1) is 14.1. The number of ether oxygens (including phenoxy) is 1. The highest BCUT2D eigenvalue weighted by Gasteiger charge is 2.37. The first-order chi connectivity index (χ1) is 8.51. The summed E-state index contributed by atoms with van der Waals surface area (Å²) in [5.41, 5.74) is 2.71. The minimum absolute atomic E-state index is 0.0421. The Kier molecular flexibility index (Phi) is 4.50. The molecule has 2 unspecified atom stereocenters. The van der Waals surface area contributed by atoms with Crippen molar-refractivity contribution in [2.45, 2.75) is 50.5 Å². The van der Waals surface area contributed by atoms with Gasteiger partial charge in [-0.3, -0.25) is 0 Å². The molecule has 1 heterocycles. The third kappa shape index (κ3) is 3.16. The monoisotopic (exact) mass is 310 g/mol. The maximum absolute atomic E-state index is 5.90. The largest absolute Gasteiger partial charge is 0.374 e. The Balaban J connectivity index is 2.09. The molecule has 2 heteroatoms. The summed E-state index contributed by atoms with van der Waals surface area (Å²) < 4.78 is 5.90. The van der Waals surface area contributed by atoms with E-state index in [4.69, 9.17) is 4.74 Å². The normalized spacial score (nSPS) is 25.6. The average Bonchev–Trinajstić information content (AvgIpc) is 2.77. The van der Waals surface area contributed by atoms with Gasteiger partial charge in [0.1, 0.15) is 0 Å². The van der Waals surface area contributed by atoms with E-state index in [-0.39, 0.29) is 5.60 Å². The summed E-state index contributed by atoms with van der Waals surface area (Å²) in [5, 5.41) is 0. The van der Waals surface area contributed by atoms with Crippen LogP contribution in [-0.4, -0.2) is 12.2 Å². The molecule has 1 aromatic carbocycles. The smallest absolute Gasteiger partial charge is 0.0820 e. The molecule has 2 atom stereocenters. The number of halogens is 1. The third-order valence-electron chi connectivity index (χ3n) is 3.70. The van der Waals surface area contributed by atoms with Crippen molar-refractivity contribution in [3.63, 3.8) is 0 Å². The van der Waals surface area contributed by atoms with E-state index in [2.05, 4.69) is 61.0 Å². The van der Waals surface area contributed by atoms with Crippen molar-refractivity contribution in [1.29, 1.82) is 0 Å². The van der Waals surface area contributed by atoms with Gasteiger partial charge in [-0.2, -0.15) is 0 Å². The van der Waals surface area contributed by atoms with E-state index in [1.807, 2.05) is 0 Å². The Labute approximate surface area is 119 Å². The van der Waals surface area contributed by atoms with Crippen LogP contribution in [0, 0.1) is 5.92 Å². The van der Waals surface area contributed by atoms with Crippen LogP contribution in [0.25, 0.3) is 0 Å². The molecule has 0 N–H and O–H groups in total. The lowest BCUT2D eigenvalue weighted by molar-refractivity contribution is 0.0197. The van der Waals surface area contributed by atoms with Crippen molar-refractivity contribution in [3.05, 3.63) is 35.4 Å². The molecule has 1 saturated heterocycles. The molecular weight excluding hydrogens is 288 g/mol. The Morgan fingerprint density at radius 1 is 1.28 bits per heavy atom. The summed E-state index contributed by atoms with van der Waals surface area (Å²) in [7, 11) is 0. The Hall–Kier alpha value is -0.340. The fraction of sp³-hybridized carbons (Fsp3) is 0.625. The maximum atomic E-state index is 5.90. The lowest BCUT2D eigenvalue weighted by atomic mass is 9.92. The van der Waals surface area contributed by atoms with Crippen LogP contribution in [0.2, 0.25) is 0 Å². The van der Waals surface area contributed by atoms with E-state index >= 15 is 0 Å². The van der Waals surface area contributed by atoms with Gasteiger partial charge in [0.25, 0.3) is 0 Å². The molecule has 0 radical (unpaired) electrons. The van der Waals surface area contributed by atoms with Crippen molar-refractivity contribution < 1.29 is 4.74 Å². The Bertz CT molecular complexity index is 377. The van der Waals surface area contributed by atoms with Crippen molar-refractivity contribution in [3.8, 4) is 0 Å². The van der Waals surface area contributed by atoms with Gasteiger partial charge in [0, 0.05) is 6.61 Å². The fourth-order valence-electron chi connectivity index (χ4n) is 2.65. The molecule has 1 fully saturated rings. The number of alkyl halides is 1. The van der Waals surface area contributed by atoms with Crippen LogP contribution < -0.4 is 0 Å². The van der Waals surface area contributed by atoms with Crippen molar-refractivity contribution in [2.75, 3.05) is 6.61 Å². The molecule has 0 amide bonds. The van der Waals surface area contributed by atoms with E-state index in [0.29, 0.717) is 10.7 Å². The Morgan fingerprint density at radius 3 is 2.44 bits per heavy atom. The quantitative estimate of drug-likeness (QED) is 0.719. The van der Waals surface area contributed by atoms with E-state index in [1.165, 1.54) is 17.5 Å². The maximum Gasteiger partial charge on any atom is 0.0820 e. The summed E-state index contributed by atoms with van der Waals surface area (Å²) in [6, 6.07) is 8.98. The third-order valence-corrected chi connectivity index (χ3v) is 5.20. The molecule has 0 aromatic heterocycles. The molecule has 1 aliphatic heterocycles. The number of hydrogen-bond acceptors (Lipinski definition) is 1. The molecule has 0 bridgehead atoms. The van der Waals surface area contributed by atoms with Crippen LogP contribution >= 0.6 is 15.9 Å². The van der Waals surface area contributed by atoms with E-state index in [0.717, 1.165) is 19.4 Å². The van der Waals surface area contributed by atoms with Gasteiger partial charge in [-0.15, -0.1) is 0 Å². The lowest BCUT2D eigenvalue weighted by Crippen LogP contribution is -2.28. The van der Waals surface area contributed by atoms with Crippen molar-refractivity contribution in [1.82, 2.24) is 0 Å². The molecule has 1 nitrogen and oxygen atoms in total. The van der Waals surface area contributed by atoms with Crippen LogP contribution in [0.3, 0.4) is 0 Å². The molecule has 0 saturated carbocycles. The molecular formula is C16H23BrO. The van der Waals surface area contributed by atoms with E-state index in [9.17, 15) is 0 Å². The molecule has 0 aliphatic carbocycles. The van der Waals surface area contributed by atoms with Gasteiger partial charge >= 0.3 is 0 Å². The van der Waals surface area contributed by atoms with Gasteiger partial charge in [0.2, 0.25) is 0 Å². The Morgan fingerprint density at radius 2 is 1.94 bits per heavy atom. The second-order valence-corrected chi connectivity index (χ2v) is 6.88. The van der Waals surface area contributed by atoms with Gasteiger partial charge in [0.15, 0.2) is 0 Å². The minimum atomic E-state index is -0.0421. The topological polar surface area (TPSA) is 9.23 Å². The fourth-order valence-corrected chi connectivity index (χ4v) is 3.31. The van der Waals surface area contributed by atoms with Crippen LogP contribution in [0.1, 0.15) is 49.6 Å². The molecule has 0 spiro atoms. The van der Waals surface area contributed by atoms with Gasteiger partial charge in [-0.25, -0.2) is 0 Å². The van der Waals surface area contributed by atoms with Crippen molar-refractivity contribution >= 4 is 15.9 Å². The van der Waals surface area contributed by atoms with Gasteiger partial charge < -0.3 is 4.74 Å². The second-order valence-electron chi connectivity index (χ2n) is 5.97. The summed E-state index contributed by atoms with van der Waals surface area (Å²) in [6.45, 7) is 7.62. The molecule has 100 valence electrons. The number of rotatable bonds is 4. The summed E-state index contributed by atoms with van der Waals surface area (Å²) in [4.78, 5) is 0.292. The first-order valence-corrected chi connectivity index (χ1v) is 7.80. The summed E-state index contributed by atoms with van der Waals surface area (Å²) in [5.74, 6) is 0.714. The highest BCUT2D eigenvalue weighted by atomic mass is 79.9. The molecule has 1 aliphatic rings. The van der Waals surface area contributed by atoms with Crippen LogP contribution in [0.15, 0.2) is 24.3 Å². The van der Waals surface area contributed by atoms with Gasteiger partial charge in [-0.05, 0) is 43.2 Å². The van der Waals surface area contributed by atoms with Crippen LogP contribution in [-0.2, 0) is 11.2 Å². The molecule has 2 rings (SSSR count). The zero-order valence-electron chi connectivity index (χ0n) is 11.6. The SMILES string of the molecule is CC(C)Cc1ccc(C(Br)C2(C)CCCO2)cc1. The van der Waals surface area contributed by atoms with Crippen molar-refractivity contribution in [2.24, 2.45) is 5.92 Å². The standard InChI is InChI=1S/C16H23BrO/c1-12(2)11-13-5-7-14(8-6-13)15(17)16(3)9-4-10-18-16/h5-8,12,15H,4,9-11H2,1-3H3. The zero-order chi connectivity index (χ0) is 13.2. The number of hydrogen-bond donors (Lipinski definition) is 0. The molecule has 18 heavy (non-hydrogen) atoms. The number of benzene rings is 1. The van der Waals surface area contributed by atoms with Gasteiger partial charge in [-0.1, -0.05) is 54.0 Å². The van der Waals surface area contributed by atoms with E-state index in [1.54, 1.807) is 0 Å². The first-order valence-electron chi connectivity index (χ1n) is 6.88. The highest BCUT2D eigenvalue weighted by molar-refractivity contribution is 9.09. The molecule has 1 aromatic rings. The van der Waals surface area contributed by atoms with Crippen LogP contribution in [0.5, 0.6) is 0 Å². The summed E-state index contributed by atoms with van der Waals surface area (Å²) >= 11 is 3.82. The zero-order valence-corrected chi connectivity index (χ0v) is 13.2. The minimum Gasteiger partial charge on any atom is -0.374 e. The second kappa shape index (κ2) is 5.75. The summed E-state index contributed by atoms with van der Waals surface area (Å²) in [6.07, 6.45) is 3.46. The predicted molar refractivity (Wildman–Crippen MR) is 80.2 cm³/mol. The van der Waals surface area contributed by atoms with E-state index < -0.39 is 0 Å². The average molecular weight is 311 g/mol. The highest BCUT2D eigenvalue weighted by Crippen LogP contribution is 2.42. The van der Waals surface area contributed by atoms with Gasteiger partial charge in [0.05, 0.1) is 10.4 Å².